The lowest BCUT2D eigenvalue weighted by molar-refractivity contribution is 0.415. The van der Waals surface area contributed by atoms with Gasteiger partial charge in [-0.15, -0.1) is 5.10 Å². The van der Waals surface area contributed by atoms with Crippen molar-refractivity contribution in [2.24, 2.45) is 0 Å². The Morgan fingerprint density at radius 2 is 1.71 bits per heavy atom. The second-order valence-corrected chi connectivity index (χ2v) is 5.52. The number of hydrogen-bond donors (Lipinski definition) is 1. The second-order valence-electron chi connectivity index (χ2n) is 4.27. The molecule has 0 spiro atoms. The van der Waals surface area contributed by atoms with Crippen molar-refractivity contribution < 1.29 is 9.15 Å². The number of benzene rings is 2. The van der Waals surface area contributed by atoms with Gasteiger partial charge >= 0.3 is 6.01 Å². The smallest absolute Gasteiger partial charge is 0.320 e. The zero-order valence-electron chi connectivity index (χ0n) is 11.2. The summed E-state index contributed by atoms with van der Waals surface area (Å²) in [6.45, 7) is 0. The highest BCUT2D eigenvalue weighted by molar-refractivity contribution is 14.1. The summed E-state index contributed by atoms with van der Waals surface area (Å²) in [4.78, 5) is 0. The first-order valence-corrected chi connectivity index (χ1v) is 7.33. The van der Waals surface area contributed by atoms with E-state index < -0.39 is 0 Å². The predicted octanol–water partition coefficient (Wildman–Crippen LogP) is 4.09. The molecule has 0 fully saturated rings. The van der Waals surface area contributed by atoms with Gasteiger partial charge in [-0.1, -0.05) is 5.10 Å². The molecule has 106 valence electrons. The van der Waals surface area contributed by atoms with Crippen LogP contribution >= 0.6 is 22.6 Å². The largest absolute Gasteiger partial charge is 0.497 e. The molecule has 0 atom stereocenters. The fourth-order valence-corrected chi connectivity index (χ4v) is 2.14. The van der Waals surface area contributed by atoms with E-state index in [1.54, 1.807) is 7.11 Å². The third-order valence-corrected chi connectivity index (χ3v) is 3.58. The molecule has 0 saturated heterocycles. The number of hydrogen-bond acceptors (Lipinski definition) is 5. The first kappa shape index (κ1) is 13.9. The van der Waals surface area contributed by atoms with Crippen molar-refractivity contribution in [3.8, 4) is 17.2 Å². The monoisotopic (exact) mass is 393 g/mol. The lowest BCUT2D eigenvalue weighted by atomic mass is 10.2. The van der Waals surface area contributed by atoms with E-state index in [4.69, 9.17) is 9.15 Å². The van der Waals surface area contributed by atoms with E-state index in [0.717, 1.165) is 20.6 Å². The molecule has 0 aliphatic rings. The summed E-state index contributed by atoms with van der Waals surface area (Å²) in [5, 5.41) is 11.1. The highest BCUT2D eigenvalue weighted by atomic mass is 127. The molecular weight excluding hydrogens is 381 g/mol. The molecule has 0 radical (unpaired) electrons. The summed E-state index contributed by atoms with van der Waals surface area (Å²) >= 11 is 2.25. The second kappa shape index (κ2) is 6.13. The molecule has 0 aliphatic heterocycles. The molecule has 0 saturated carbocycles. The van der Waals surface area contributed by atoms with Crippen LogP contribution in [0.3, 0.4) is 0 Å². The van der Waals surface area contributed by atoms with Gasteiger partial charge in [0.25, 0.3) is 0 Å². The average Bonchev–Trinajstić information content (AvgIpc) is 2.97. The Bertz CT molecular complexity index is 723. The van der Waals surface area contributed by atoms with Gasteiger partial charge in [0.1, 0.15) is 5.75 Å². The van der Waals surface area contributed by atoms with Crippen molar-refractivity contribution >= 4 is 34.3 Å². The van der Waals surface area contributed by atoms with E-state index in [1.165, 1.54) is 0 Å². The minimum Gasteiger partial charge on any atom is -0.497 e. The molecule has 5 nitrogen and oxygen atoms in total. The van der Waals surface area contributed by atoms with Gasteiger partial charge in [-0.05, 0) is 71.1 Å². The minimum absolute atomic E-state index is 0.355. The summed E-state index contributed by atoms with van der Waals surface area (Å²) in [6.07, 6.45) is 0. The van der Waals surface area contributed by atoms with Crippen LogP contribution in [-0.2, 0) is 0 Å². The Hall–Kier alpha value is -2.09. The molecule has 0 aliphatic carbocycles. The quantitative estimate of drug-likeness (QED) is 0.677. The average molecular weight is 393 g/mol. The number of aromatic nitrogens is 2. The van der Waals surface area contributed by atoms with Crippen molar-refractivity contribution in [2.45, 2.75) is 0 Å². The predicted molar refractivity (Wildman–Crippen MR) is 88.7 cm³/mol. The summed E-state index contributed by atoms with van der Waals surface area (Å²) in [7, 11) is 1.63. The van der Waals surface area contributed by atoms with E-state index in [2.05, 4.69) is 38.1 Å². The Morgan fingerprint density at radius 1 is 1.00 bits per heavy atom. The van der Waals surface area contributed by atoms with Gasteiger partial charge in [0, 0.05) is 14.8 Å². The highest BCUT2D eigenvalue weighted by Gasteiger charge is 2.08. The summed E-state index contributed by atoms with van der Waals surface area (Å²) < 4.78 is 11.9. The third kappa shape index (κ3) is 3.33. The topological polar surface area (TPSA) is 60.2 Å². The molecule has 6 heteroatoms. The van der Waals surface area contributed by atoms with Gasteiger partial charge in [-0.25, -0.2) is 0 Å². The maximum atomic E-state index is 5.60. The number of nitrogens with one attached hydrogen (secondary N) is 1. The first-order valence-electron chi connectivity index (χ1n) is 6.25. The Morgan fingerprint density at radius 3 is 2.38 bits per heavy atom. The Balaban J connectivity index is 1.76. The van der Waals surface area contributed by atoms with Gasteiger partial charge < -0.3 is 14.5 Å². The van der Waals surface area contributed by atoms with Crippen molar-refractivity contribution in [3.63, 3.8) is 0 Å². The van der Waals surface area contributed by atoms with Crippen LogP contribution < -0.4 is 10.1 Å². The molecule has 21 heavy (non-hydrogen) atoms. The number of rotatable bonds is 4. The maximum Gasteiger partial charge on any atom is 0.320 e. The van der Waals surface area contributed by atoms with Crippen LogP contribution in [0.5, 0.6) is 5.75 Å². The molecule has 0 amide bonds. The molecule has 3 rings (SSSR count). The zero-order chi connectivity index (χ0) is 14.7. The lowest BCUT2D eigenvalue weighted by Crippen LogP contribution is -1.90. The number of halogens is 1. The van der Waals surface area contributed by atoms with Crippen molar-refractivity contribution in [1.29, 1.82) is 0 Å². The van der Waals surface area contributed by atoms with E-state index >= 15 is 0 Å². The lowest BCUT2D eigenvalue weighted by Gasteiger charge is -2.02. The minimum atomic E-state index is 0.355. The highest BCUT2D eigenvalue weighted by Crippen LogP contribution is 2.23. The summed E-state index contributed by atoms with van der Waals surface area (Å²) in [5.74, 6) is 1.29. The van der Waals surface area contributed by atoms with Crippen LogP contribution in [0.4, 0.5) is 11.7 Å². The number of nitrogens with zero attached hydrogens (tertiary/aromatic N) is 2. The van der Waals surface area contributed by atoms with Crippen LogP contribution in [-0.4, -0.2) is 17.3 Å². The van der Waals surface area contributed by atoms with Crippen LogP contribution in [0.15, 0.2) is 52.9 Å². The fraction of sp³-hybridized carbons (Fsp3) is 0.0667. The van der Waals surface area contributed by atoms with Gasteiger partial charge in [-0.3, -0.25) is 0 Å². The van der Waals surface area contributed by atoms with Crippen LogP contribution in [0.2, 0.25) is 0 Å². The van der Waals surface area contributed by atoms with Gasteiger partial charge in [0.05, 0.1) is 7.11 Å². The van der Waals surface area contributed by atoms with E-state index in [9.17, 15) is 0 Å². The zero-order valence-corrected chi connectivity index (χ0v) is 13.4. The van der Waals surface area contributed by atoms with Gasteiger partial charge in [0.15, 0.2) is 0 Å². The number of methoxy groups -OCH3 is 1. The molecule has 2 aromatic carbocycles. The summed E-state index contributed by atoms with van der Waals surface area (Å²) in [5.41, 5.74) is 1.75. The SMILES string of the molecule is COc1ccc(Nc2nnc(-c3ccc(I)cc3)o2)cc1. The van der Waals surface area contributed by atoms with Crippen molar-refractivity contribution in [3.05, 3.63) is 52.1 Å². The van der Waals surface area contributed by atoms with Crippen LogP contribution in [0.1, 0.15) is 0 Å². The Kier molecular flexibility index (Phi) is 4.05. The van der Waals surface area contributed by atoms with E-state index in [-0.39, 0.29) is 0 Å². The maximum absolute atomic E-state index is 5.60. The fourth-order valence-electron chi connectivity index (χ4n) is 1.78. The third-order valence-electron chi connectivity index (χ3n) is 2.86. The standard InChI is InChI=1S/C15H12IN3O2/c1-20-13-8-6-12(7-9-13)17-15-19-18-14(21-15)10-2-4-11(16)5-3-10/h2-9H,1H3,(H,17,19). The molecule has 1 heterocycles. The number of anilines is 2. The molecule has 3 aromatic rings. The van der Waals surface area contributed by atoms with E-state index in [0.29, 0.717) is 11.9 Å². The first-order chi connectivity index (χ1) is 10.2. The molecular formula is C15H12IN3O2. The summed E-state index contributed by atoms with van der Waals surface area (Å²) in [6, 6.07) is 15.7. The van der Waals surface area contributed by atoms with E-state index in [1.807, 2.05) is 48.5 Å². The molecule has 0 bridgehead atoms. The van der Waals surface area contributed by atoms with Crippen molar-refractivity contribution in [2.75, 3.05) is 12.4 Å². The van der Waals surface area contributed by atoms with Gasteiger partial charge in [-0.2, -0.15) is 0 Å². The van der Waals surface area contributed by atoms with Gasteiger partial charge in [0.2, 0.25) is 5.89 Å². The molecule has 1 aromatic heterocycles. The normalized spacial score (nSPS) is 10.4. The van der Waals surface area contributed by atoms with Crippen LogP contribution in [0.25, 0.3) is 11.5 Å². The molecule has 0 unspecified atom stereocenters. The molecule has 1 N–H and O–H groups in total. The number of ether oxygens (including phenoxy) is 1. The Labute approximate surface area is 135 Å². The van der Waals surface area contributed by atoms with Crippen LogP contribution in [0, 0.1) is 3.57 Å². The van der Waals surface area contributed by atoms with Crippen molar-refractivity contribution in [1.82, 2.24) is 10.2 Å².